The van der Waals surface area contributed by atoms with Crippen molar-refractivity contribution in [1.82, 2.24) is 0 Å². The highest BCUT2D eigenvalue weighted by atomic mass is 31.2. The molecule has 1 aromatic rings. The first-order valence-corrected chi connectivity index (χ1v) is 9.76. The van der Waals surface area contributed by atoms with Crippen LogP contribution in [-0.2, 0) is 26.5 Å². The third kappa shape index (κ3) is 8.70. The van der Waals surface area contributed by atoms with Crippen LogP contribution in [0.4, 0.5) is 0 Å². The van der Waals surface area contributed by atoms with Gasteiger partial charge in [0.25, 0.3) is 0 Å². The Hall–Kier alpha value is -0.670. The molecule has 1 atom stereocenters. The first kappa shape index (κ1) is 19.4. The van der Waals surface area contributed by atoms with E-state index in [0.717, 1.165) is 12.8 Å². The number of unbranched alkanes of at least 4 members (excludes halogenated alkanes) is 2. The molecule has 0 fully saturated rings. The molecule has 0 aliphatic carbocycles. The minimum absolute atomic E-state index is 0.232. The molecule has 0 bridgehead atoms. The number of hydrogen-bond donors (Lipinski definition) is 1. The molecule has 0 aromatic heterocycles. The first-order chi connectivity index (χ1) is 10.6. The van der Waals surface area contributed by atoms with Gasteiger partial charge in [-0.15, -0.1) is 0 Å². The van der Waals surface area contributed by atoms with Crippen molar-refractivity contribution in [2.24, 2.45) is 0 Å². The standard InChI is InChI=1S/C17H29O4P/c1-3-5-6-8-16-10-12-17(13-11-16)9-7-15-21-22(18,19)20-14-4-2/h10-13H,3-9,14-15H2,1-2H3,(H,18,19). The normalized spacial score (nSPS) is 14.0. The van der Waals surface area contributed by atoms with E-state index in [-0.39, 0.29) is 13.2 Å². The van der Waals surface area contributed by atoms with E-state index in [1.54, 1.807) is 0 Å². The van der Waals surface area contributed by atoms with Crippen molar-refractivity contribution < 1.29 is 18.5 Å². The van der Waals surface area contributed by atoms with Crippen LogP contribution in [0.2, 0.25) is 0 Å². The van der Waals surface area contributed by atoms with Gasteiger partial charge < -0.3 is 4.89 Å². The van der Waals surface area contributed by atoms with E-state index in [9.17, 15) is 9.46 Å². The largest absolute Gasteiger partial charge is 0.472 e. The number of benzene rings is 1. The summed E-state index contributed by atoms with van der Waals surface area (Å²) in [6.07, 6.45) is 7.14. The number of phosphoric acid groups is 1. The fourth-order valence-corrected chi connectivity index (χ4v) is 3.00. The van der Waals surface area contributed by atoms with Crippen LogP contribution in [0.15, 0.2) is 24.3 Å². The summed E-state index contributed by atoms with van der Waals surface area (Å²) in [4.78, 5) is 9.39. The fourth-order valence-electron chi connectivity index (χ4n) is 2.15. The molecule has 0 spiro atoms. The van der Waals surface area contributed by atoms with Gasteiger partial charge in [0.2, 0.25) is 0 Å². The van der Waals surface area contributed by atoms with E-state index in [4.69, 9.17) is 9.05 Å². The van der Waals surface area contributed by atoms with Crippen LogP contribution < -0.4 is 0 Å². The summed E-state index contributed by atoms with van der Waals surface area (Å²) in [6.45, 7) is 4.57. The summed E-state index contributed by atoms with van der Waals surface area (Å²) in [5.74, 6) is 0. The van der Waals surface area contributed by atoms with Crippen LogP contribution in [0.5, 0.6) is 0 Å². The molecule has 22 heavy (non-hydrogen) atoms. The molecule has 0 saturated carbocycles. The molecule has 4 nitrogen and oxygen atoms in total. The Balaban J connectivity index is 2.23. The van der Waals surface area contributed by atoms with Crippen LogP contribution in [0.1, 0.15) is 57.1 Å². The average Bonchev–Trinajstić information content (AvgIpc) is 2.51. The highest BCUT2D eigenvalue weighted by molar-refractivity contribution is 7.47. The van der Waals surface area contributed by atoms with Gasteiger partial charge in [0.1, 0.15) is 0 Å². The second-order valence-electron chi connectivity index (χ2n) is 5.51. The van der Waals surface area contributed by atoms with Gasteiger partial charge in [-0.25, -0.2) is 4.57 Å². The molecule has 5 heteroatoms. The third-order valence-corrected chi connectivity index (χ3v) is 4.43. The van der Waals surface area contributed by atoms with Gasteiger partial charge in [-0.05, 0) is 43.2 Å². The van der Waals surface area contributed by atoms with E-state index in [2.05, 4.69) is 31.2 Å². The minimum atomic E-state index is -3.85. The molecule has 0 radical (unpaired) electrons. The number of phosphoric ester groups is 1. The van der Waals surface area contributed by atoms with E-state index < -0.39 is 7.82 Å². The zero-order valence-electron chi connectivity index (χ0n) is 13.8. The predicted molar refractivity (Wildman–Crippen MR) is 90.0 cm³/mol. The maximum absolute atomic E-state index is 11.5. The Morgan fingerprint density at radius 1 is 0.864 bits per heavy atom. The molecule has 0 aliphatic heterocycles. The maximum Gasteiger partial charge on any atom is 0.472 e. The van der Waals surface area contributed by atoms with E-state index >= 15 is 0 Å². The summed E-state index contributed by atoms with van der Waals surface area (Å²) < 4.78 is 21.2. The molecular formula is C17H29O4P. The van der Waals surface area contributed by atoms with Crippen molar-refractivity contribution in [1.29, 1.82) is 0 Å². The molecule has 1 unspecified atom stereocenters. The van der Waals surface area contributed by atoms with Crippen LogP contribution in [0, 0.1) is 0 Å². The van der Waals surface area contributed by atoms with Gasteiger partial charge in [0, 0.05) is 0 Å². The quantitative estimate of drug-likeness (QED) is 0.438. The second-order valence-corrected chi connectivity index (χ2v) is 6.97. The first-order valence-electron chi connectivity index (χ1n) is 8.27. The highest BCUT2D eigenvalue weighted by Gasteiger charge is 2.19. The van der Waals surface area contributed by atoms with Gasteiger partial charge in [-0.1, -0.05) is 51.0 Å². The summed E-state index contributed by atoms with van der Waals surface area (Å²) in [6, 6.07) is 8.61. The molecule has 0 heterocycles. The number of hydrogen-bond acceptors (Lipinski definition) is 3. The molecule has 0 amide bonds. The van der Waals surface area contributed by atoms with E-state index in [0.29, 0.717) is 12.8 Å². The number of rotatable bonds is 12. The van der Waals surface area contributed by atoms with Gasteiger partial charge in [0.15, 0.2) is 0 Å². The predicted octanol–water partition coefficient (Wildman–Crippen LogP) is 4.90. The highest BCUT2D eigenvalue weighted by Crippen LogP contribution is 2.43. The average molecular weight is 328 g/mol. The molecular weight excluding hydrogens is 299 g/mol. The van der Waals surface area contributed by atoms with Crippen molar-refractivity contribution in [2.75, 3.05) is 13.2 Å². The Morgan fingerprint density at radius 2 is 1.41 bits per heavy atom. The lowest BCUT2D eigenvalue weighted by molar-refractivity contribution is 0.148. The topological polar surface area (TPSA) is 55.8 Å². The van der Waals surface area contributed by atoms with E-state index in [1.807, 2.05) is 6.92 Å². The Morgan fingerprint density at radius 3 is 1.95 bits per heavy atom. The van der Waals surface area contributed by atoms with Crippen LogP contribution >= 0.6 is 7.82 Å². The third-order valence-electron chi connectivity index (χ3n) is 3.41. The fraction of sp³-hybridized carbons (Fsp3) is 0.647. The van der Waals surface area contributed by atoms with Crippen molar-refractivity contribution in [3.63, 3.8) is 0 Å². The van der Waals surface area contributed by atoms with Gasteiger partial charge in [0.05, 0.1) is 13.2 Å². The van der Waals surface area contributed by atoms with Crippen molar-refractivity contribution in [3.8, 4) is 0 Å². The lowest BCUT2D eigenvalue weighted by Gasteiger charge is -2.11. The van der Waals surface area contributed by atoms with Crippen LogP contribution in [-0.4, -0.2) is 18.1 Å². The van der Waals surface area contributed by atoms with Gasteiger partial charge >= 0.3 is 7.82 Å². The zero-order valence-corrected chi connectivity index (χ0v) is 14.7. The molecule has 0 saturated heterocycles. The summed E-state index contributed by atoms with van der Waals surface area (Å²) >= 11 is 0. The Bertz CT molecular complexity index is 444. The lowest BCUT2D eigenvalue weighted by atomic mass is 10.0. The SMILES string of the molecule is CCCCCc1ccc(CCCOP(=O)(O)OCCC)cc1. The second kappa shape index (κ2) is 11.0. The monoisotopic (exact) mass is 328 g/mol. The van der Waals surface area contributed by atoms with Crippen molar-refractivity contribution in [2.45, 2.75) is 58.8 Å². The molecule has 126 valence electrons. The van der Waals surface area contributed by atoms with Gasteiger partial charge in [-0.2, -0.15) is 0 Å². The minimum Gasteiger partial charge on any atom is -0.302 e. The maximum atomic E-state index is 11.5. The molecule has 1 rings (SSSR count). The lowest BCUT2D eigenvalue weighted by Crippen LogP contribution is -1.99. The van der Waals surface area contributed by atoms with Crippen molar-refractivity contribution in [3.05, 3.63) is 35.4 Å². The van der Waals surface area contributed by atoms with E-state index in [1.165, 1.54) is 30.4 Å². The zero-order chi connectivity index (χ0) is 16.3. The molecule has 1 N–H and O–H groups in total. The molecule has 1 aromatic carbocycles. The summed E-state index contributed by atoms with van der Waals surface area (Å²) in [7, 11) is -3.85. The summed E-state index contributed by atoms with van der Waals surface area (Å²) in [5.41, 5.74) is 2.60. The Kier molecular flexibility index (Phi) is 9.65. The smallest absolute Gasteiger partial charge is 0.302 e. The molecule has 0 aliphatic rings. The summed E-state index contributed by atoms with van der Waals surface area (Å²) in [5, 5.41) is 0. The van der Waals surface area contributed by atoms with Crippen LogP contribution in [0.3, 0.4) is 0 Å². The van der Waals surface area contributed by atoms with Crippen LogP contribution in [0.25, 0.3) is 0 Å². The van der Waals surface area contributed by atoms with Gasteiger partial charge in [-0.3, -0.25) is 9.05 Å². The van der Waals surface area contributed by atoms with Crippen molar-refractivity contribution >= 4 is 7.82 Å². The number of aryl methyl sites for hydroxylation is 2. The Labute approximate surface area is 134 Å².